The number of likely N-dealkylation sites (tertiary alicyclic amines) is 1. The zero-order valence-corrected chi connectivity index (χ0v) is 12.5. The van der Waals surface area contributed by atoms with E-state index >= 15 is 0 Å². The maximum absolute atomic E-state index is 12.8. The first-order valence-corrected chi connectivity index (χ1v) is 7.55. The van der Waals surface area contributed by atoms with Crippen molar-refractivity contribution in [3.05, 3.63) is 27.7 Å². The molecule has 1 atom stereocenters. The van der Waals surface area contributed by atoms with Gasteiger partial charge in [0.25, 0.3) is 5.82 Å². The Bertz CT molecular complexity index is 714. The number of halogens is 3. The number of hydrogen-bond acceptors (Lipinski definition) is 6. The van der Waals surface area contributed by atoms with E-state index in [1.807, 2.05) is 4.90 Å². The van der Waals surface area contributed by atoms with E-state index < -0.39 is 24.0 Å². The monoisotopic (exact) mass is 347 g/mol. The van der Waals surface area contributed by atoms with Crippen LogP contribution in [0.1, 0.15) is 32.8 Å². The van der Waals surface area contributed by atoms with Gasteiger partial charge in [0, 0.05) is 24.5 Å². The van der Waals surface area contributed by atoms with Crippen LogP contribution < -0.4 is 0 Å². The summed E-state index contributed by atoms with van der Waals surface area (Å²) in [5, 5.41) is 18.5. The topological polar surface area (TPSA) is 84.1 Å². The second-order valence-corrected chi connectivity index (χ2v) is 6.36. The van der Waals surface area contributed by atoms with Crippen molar-refractivity contribution in [2.75, 3.05) is 13.1 Å². The number of carboxylic acid groups (broad SMARTS) is 1. The van der Waals surface area contributed by atoms with Gasteiger partial charge in [-0.2, -0.15) is 13.2 Å². The fourth-order valence-electron chi connectivity index (χ4n) is 2.58. The van der Waals surface area contributed by atoms with Crippen LogP contribution in [-0.2, 0) is 12.7 Å². The number of tetrazole rings is 1. The van der Waals surface area contributed by atoms with E-state index in [-0.39, 0.29) is 4.88 Å². The molecule has 11 heteroatoms. The number of carboxylic acids is 1. The summed E-state index contributed by atoms with van der Waals surface area (Å²) in [6.45, 7) is 1.48. The van der Waals surface area contributed by atoms with Crippen molar-refractivity contribution in [2.45, 2.75) is 25.2 Å². The highest BCUT2D eigenvalue weighted by Gasteiger charge is 2.40. The Morgan fingerprint density at radius 1 is 1.43 bits per heavy atom. The second kappa shape index (κ2) is 5.89. The third-order valence-electron chi connectivity index (χ3n) is 3.59. The van der Waals surface area contributed by atoms with Gasteiger partial charge in [0.1, 0.15) is 4.88 Å². The fraction of sp³-hybridized carbons (Fsp3) is 0.500. The standard InChI is InChI=1S/C12H12F3N5O2S/c13-12(14,15)11-16-17-18-20(11)7-3-4-19(5-7)6-8-1-2-9(23-8)10(21)22/h1-2,7H,3-6H2,(H,21,22). The molecule has 2 aromatic rings. The van der Waals surface area contributed by atoms with Crippen LogP contribution in [0.3, 0.4) is 0 Å². The van der Waals surface area contributed by atoms with E-state index in [1.54, 1.807) is 6.07 Å². The number of aromatic carboxylic acids is 1. The predicted molar refractivity (Wildman–Crippen MR) is 73.0 cm³/mol. The van der Waals surface area contributed by atoms with Crippen LogP contribution in [0.2, 0.25) is 0 Å². The van der Waals surface area contributed by atoms with Crippen LogP contribution in [0.4, 0.5) is 13.2 Å². The van der Waals surface area contributed by atoms with E-state index in [0.717, 1.165) is 9.56 Å². The van der Waals surface area contributed by atoms with Gasteiger partial charge < -0.3 is 5.11 Å². The van der Waals surface area contributed by atoms with Crippen LogP contribution in [0.15, 0.2) is 12.1 Å². The lowest BCUT2D eigenvalue weighted by Gasteiger charge is -2.16. The Balaban J connectivity index is 1.67. The van der Waals surface area contributed by atoms with E-state index in [2.05, 4.69) is 15.5 Å². The molecule has 23 heavy (non-hydrogen) atoms. The minimum atomic E-state index is -4.58. The average molecular weight is 347 g/mol. The number of nitrogens with zero attached hydrogens (tertiary/aromatic N) is 5. The molecule has 0 radical (unpaired) electrons. The lowest BCUT2D eigenvalue weighted by Crippen LogP contribution is -2.24. The summed E-state index contributed by atoms with van der Waals surface area (Å²) in [7, 11) is 0. The number of carbonyl (C=O) groups is 1. The smallest absolute Gasteiger partial charge is 0.453 e. The minimum absolute atomic E-state index is 0.246. The fourth-order valence-corrected chi connectivity index (χ4v) is 3.47. The summed E-state index contributed by atoms with van der Waals surface area (Å²) in [4.78, 5) is 13.9. The van der Waals surface area contributed by atoms with Gasteiger partial charge >= 0.3 is 12.1 Å². The molecule has 1 aliphatic heterocycles. The molecule has 3 heterocycles. The molecule has 1 unspecified atom stereocenters. The molecule has 0 saturated carbocycles. The first-order chi connectivity index (χ1) is 10.8. The van der Waals surface area contributed by atoms with Crippen LogP contribution >= 0.6 is 11.3 Å². The largest absolute Gasteiger partial charge is 0.477 e. The molecule has 1 N–H and O–H groups in total. The summed E-state index contributed by atoms with van der Waals surface area (Å²) in [5.74, 6) is -2.07. The lowest BCUT2D eigenvalue weighted by atomic mass is 10.2. The zero-order valence-electron chi connectivity index (χ0n) is 11.7. The van der Waals surface area contributed by atoms with Crippen LogP contribution in [0, 0.1) is 0 Å². The molecule has 1 saturated heterocycles. The molecule has 0 spiro atoms. The van der Waals surface area contributed by atoms with Crippen molar-refractivity contribution in [3.8, 4) is 0 Å². The molecule has 2 aromatic heterocycles. The molecule has 124 valence electrons. The average Bonchev–Trinajstić information content (AvgIpc) is 3.17. The predicted octanol–water partition coefficient (Wildman–Crippen LogP) is 1.90. The summed E-state index contributed by atoms with van der Waals surface area (Å²) in [6, 6.07) is 2.80. The van der Waals surface area contributed by atoms with Gasteiger partial charge in [-0.3, -0.25) is 4.90 Å². The maximum atomic E-state index is 12.8. The molecule has 3 rings (SSSR count). The van der Waals surface area contributed by atoms with E-state index in [0.29, 0.717) is 26.1 Å². The molecular formula is C12H12F3N5O2S. The van der Waals surface area contributed by atoms with E-state index in [1.165, 1.54) is 17.4 Å². The van der Waals surface area contributed by atoms with Crippen LogP contribution in [-0.4, -0.2) is 49.3 Å². The molecular weight excluding hydrogens is 335 g/mol. The van der Waals surface area contributed by atoms with E-state index in [9.17, 15) is 18.0 Å². The number of aromatic nitrogens is 4. The van der Waals surface area contributed by atoms with Gasteiger partial charge in [0.15, 0.2) is 0 Å². The van der Waals surface area contributed by atoms with Crippen molar-refractivity contribution in [3.63, 3.8) is 0 Å². The van der Waals surface area contributed by atoms with Crippen molar-refractivity contribution >= 4 is 17.3 Å². The van der Waals surface area contributed by atoms with Crippen LogP contribution in [0.5, 0.6) is 0 Å². The van der Waals surface area contributed by atoms with Crippen LogP contribution in [0.25, 0.3) is 0 Å². The zero-order chi connectivity index (χ0) is 16.6. The van der Waals surface area contributed by atoms with Gasteiger partial charge in [-0.15, -0.1) is 16.4 Å². The highest BCUT2D eigenvalue weighted by molar-refractivity contribution is 7.13. The summed E-state index contributed by atoms with van der Waals surface area (Å²) >= 11 is 1.17. The maximum Gasteiger partial charge on any atom is 0.453 e. The lowest BCUT2D eigenvalue weighted by molar-refractivity contribution is -0.148. The van der Waals surface area contributed by atoms with Crippen molar-refractivity contribution < 1.29 is 23.1 Å². The number of hydrogen-bond donors (Lipinski definition) is 1. The molecule has 0 bridgehead atoms. The van der Waals surface area contributed by atoms with Gasteiger partial charge in [0.2, 0.25) is 0 Å². The quantitative estimate of drug-likeness (QED) is 0.909. The summed E-state index contributed by atoms with van der Waals surface area (Å²) in [6.07, 6.45) is -4.08. The highest BCUT2D eigenvalue weighted by atomic mass is 32.1. The third kappa shape index (κ3) is 3.34. The molecule has 7 nitrogen and oxygen atoms in total. The van der Waals surface area contributed by atoms with Gasteiger partial charge in [-0.1, -0.05) is 0 Å². The Hall–Kier alpha value is -2.01. The van der Waals surface area contributed by atoms with Gasteiger partial charge in [0.05, 0.1) is 6.04 Å². The first kappa shape index (κ1) is 15.9. The molecule has 0 amide bonds. The minimum Gasteiger partial charge on any atom is -0.477 e. The highest BCUT2D eigenvalue weighted by Crippen LogP contribution is 2.31. The Labute approximate surface area is 132 Å². The molecule has 1 aliphatic rings. The third-order valence-corrected chi connectivity index (χ3v) is 4.65. The van der Waals surface area contributed by atoms with Crippen molar-refractivity contribution in [1.29, 1.82) is 0 Å². The van der Waals surface area contributed by atoms with Gasteiger partial charge in [-0.25, -0.2) is 9.48 Å². The summed E-state index contributed by atoms with van der Waals surface area (Å²) < 4.78 is 39.3. The Morgan fingerprint density at radius 2 is 2.22 bits per heavy atom. The molecule has 0 aliphatic carbocycles. The second-order valence-electron chi connectivity index (χ2n) is 5.19. The van der Waals surface area contributed by atoms with Gasteiger partial charge in [-0.05, 0) is 29.0 Å². The first-order valence-electron chi connectivity index (χ1n) is 6.74. The van der Waals surface area contributed by atoms with E-state index in [4.69, 9.17) is 5.11 Å². The normalized spacial score (nSPS) is 19.3. The number of alkyl halides is 3. The number of thiophene rings is 1. The SMILES string of the molecule is O=C(O)c1ccc(CN2CCC(n3nnnc3C(F)(F)F)C2)s1. The van der Waals surface area contributed by atoms with Crippen molar-refractivity contribution in [1.82, 2.24) is 25.1 Å². The summed E-state index contributed by atoms with van der Waals surface area (Å²) in [5.41, 5.74) is 0. The molecule has 0 aromatic carbocycles. The Kier molecular flexibility index (Phi) is 4.06. The molecule has 1 fully saturated rings. The number of rotatable bonds is 4. The Morgan fingerprint density at radius 3 is 2.87 bits per heavy atom. The van der Waals surface area contributed by atoms with Crippen molar-refractivity contribution in [2.24, 2.45) is 0 Å².